The monoisotopic (exact) mass is 432 g/mol. The molecule has 8 nitrogen and oxygen atoms in total. The number of nitrogens with zero attached hydrogens (tertiary/aromatic N) is 6. The highest BCUT2D eigenvalue weighted by molar-refractivity contribution is 5.82. The first kappa shape index (κ1) is 21.7. The number of amides is 2. The summed E-state index contributed by atoms with van der Waals surface area (Å²) in [5, 5.41) is 4.03. The molecule has 1 aliphatic heterocycles. The van der Waals surface area contributed by atoms with Gasteiger partial charge in [-0.3, -0.25) is 14.6 Å². The van der Waals surface area contributed by atoms with Crippen LogP contribution in [-0.4, -0.2) is 67.5 Å². The zero-order valence-corrected chi connectivity index (χ0v) is 18.3. The Balaban J connectivity index is 1.49. The molecule has 1 aliphatic rings. The summed E-state index contributed by atoms with van der Waals surface area (Å²) in [5.41, 5.74) is 3.31. The molecule has 1 fully saturated rings. The number of aromatic nitrogens is 4. The standard InChI is InChI=1S/C24H28N6O2/c1-2-11-28-12-13-29(23(31)16-30-18-26-17-27-30)15-22(24(28)32)14-19-3-5-20(6-4-19)21-7-9-25-10-8-21/h3-10,17-18,22H,2,11-16H2,1H3/t22-/m1/s1. The van der Waals surface area contributed by atoms with E-state index in [-0.39, 0.29) is 24.3 Å². The molecule has 0 aliphatic carbocycles. The second-order valence-electron chi connectivity index (χ2n) is 8.09. The number of hydrogen-bond acceptors (Lipinski definition) is 5. The normalized spacial score (nSPS) is 16.8. The van der Waals surface area contributed by atoms with Gasteiger partial charge in [0.25, 0.3) is 0 Å². The van der Waals surface area contributed by atoms with Crippen molar-refractivity contribution in [1.82, 2.24) is 29.5 Å². The fourth-order valence-electron chi connectivity index (χ4n) is 4.13. The lowest BCUT2D eigenvalue weighted by molar-refractivity contribution is -0.135. The molecule has 0 saturated carbocycles. The van der Waals surface area contributed by atoms with Crippen LogP contribution in [0.25, 0.3) is 11.1 Å². The fraction of sp³-hybridized carbons (Fsp3) is 0.375. The Labute approximate surface area is 187 Å². The van der Waals surface area contributed by atoms with Crippen LogP contribution < -0.4 is 0 Å². The van der Waals surface area contributed by atoms with Gasteiger partial charge in [0.2, 0.25) is 11.8 Å². The average molecular weight is 433 g/mol. The fourth-order valence-corrected chi connectivity index (χ4v) is 4.13. The molecule has 1 saturated heterocycles. The largest absolute Gasteiger partial charge is 0.341 e. The predicted molar refractivity (Wildman–Crippen MR) is 120 cm³/mol. The minimum Gasteiger partial charge on any atom is -0.341 e. The molecule has 0 unspecified atom stereocenters. The van der Waals surface area contributed by atoms with Crippen molar-refractivity contribution in [2.45, 2.75) is 26.3 Å². The van der Waals surface area contributed by atoms with Crippen LogP contribution in [0, 0.1) is 5.92 Å². The van der Waals surface area contributed by atoms with Crippen molar-refractivity contribution in [1.29, 1.82) is 0 Å². The Bertz CT molecular complexity index is 1020. The highest BCUT2D eigenvalue weighted by atomic mass is 16.2. The van der Waals surface area contributed by atoms with Gasteiger partial charge in [0.15, 0.2) is 0 Å². The summed E-state index contributed by atoms with van der Waals surface area (Å²) in [4.78, 5) is 37.8. The van der Waals surface area contributed by atoms with E-state index in [4.69, 9.17) is 0 Å². The summed E-state index contributed by atoms with van der Waals surface area (Å²) in [6.45, 7) is 4.43. The van der Waals surface area contributed by atoms with Crippen molar-refractivity contribution in [2.75, 3.05) is 26.2 Å². The van der Waals surface area contributed by atoms with Gasteiger partial charge in [-0.05, 0) is 41.7 Å². The number of pyridine rings is 1. The van der Waals surface area contributed by atoms with Gasteiger partial charge in [0.1, 0.15) is 19.2 Å². The van der Waals surface area contributed by atoms with Gasteiger partial charge < -0.3 is 9.80 Å². The molecule has 2 amide bonds. The first-order valence-electron chi connectivity index (χ1n) is 11.0. The van der Waals surface area contributed by atoms with E-state index >= 15 is 0 Å². The molecular weight excluding hydrogens is 404 g/mol. The molecule has 3 heterocycles. The highest BCUT2D eigenvalue weighted by Gasteiger charge is 2.32. The molecule has 8 heteroatoms. The van der Waals surface area contributed by atoms with E-state index in [1.54, 1.807) is 17.3 Å². The van der Waals surface area contributed by atoms with Gasteiger partial charge in [0.05, 0.1) is 5.92 Å². The Morgan fingerprint density at radius 2 is 1.78 bits per heavy atom. The second-order valence-corrected chi connectivity index (χ2v) is 8.09. The van der Waals surface area contributed by atoms with E-state index in [0.29, 0.717) is 32.6 Å². The summed E-state index contributed by atoms with van der Waals surface area (Å²) in [6.07, 6.45) is 8.00. The highest BCUT2D eigenvalue weighted by Crippen LogP contribution is 2.22. The predicted octanol–water partition coefficient (Wildman–Crippen LogP) is 2.28. The number of carbonyl (C=O) groups is 2. The van der Waals surface area contributed by atoms with E-state index in [9.17, 15) is 9.59 Å². The molecule has 1 atom stereocenters. The Morgan fingerprint density at radius 1 is 1.03 bits per heavy atom. The van der Waals surface area contributed by atoms with Gasteiger partial charge in [-0.25, -0.2) is 9.67 Å². The van der Waals surface area contributed by atoms with Crippen molar-refractivity contribution in [3.05, 3.63) is 67.0 Å². The summed E-state index contributed by atoms with van der Waals surface area (Å²) in [7, 11) is 0. The maximum absolute atomic E-state index is 13.3. The van der Waals surface area contributed by atoms with E-state index in [0.717, 1.165) is 23.1 Å². The van der Waals surface area contributed by atoms with Crippen LogP contribution in [-0.2, 0) is 22.6 Å². The number of carbonyl (C=O) groups excluding carboxylic acids is 2. The zero-order chi connectivity index (χ0) is 22.3. The summed E-state index contributed by atoms with van der Waals surface area (Å²) in [6, 6.07) is 12.2. The summed E-state index contributed by atoms with van der Waals surface area (Å²) in [5.74, 6) is -0.184. The molecule has 0 bridgehead atoms. The van der Waals surface area contributed by atoms with Crippen molar-refractivity contribution in [3.63, 3.8) is 0 Å². The van der Waals surface area contributed by atoms with E-state index in [1.807, 2.05) is 17.0 Å². The lowest BCUT2D eigenvalue weighted by Crippen LogP contribution is -2.39. The number of hydrogen-bond donors (Lipinski definition) is 0. The SMILES string of the molecule is CCCN1CCN(C(=O)Cn2cncn2)C[C@@H](Cc2ccc(-c3ccncc3)cc2)C1=O. The third-order valence-corrected chi connectivity index (χ3v) is 5.80. The smallest absolute Gasteiger partial charge is 0.244 e. The van der Waals surface area contributed by atoms with Gasteiger partial charge in [0, 0.05) is 38.6 Å². The first-order chi connectivity index (χ1) is 15.6. The van der Waals surface area contributed by atoms with Crippen LogP contribution in [0.3, 0.4) is 0 Å². The molecule has 32 heavy (non-hydrogen) atoms. The van der Waals surface area contributed by atoms with Crippen molar-refractivity contribution in [3.8, 4) is 11.1 Å². The molecule has 4 rings (SSSR count). The molecule has 3 aromatic rings. The maximum atomic E-state index is 13.3. The van der Waals surface area contributed by atoms with Crippen LogP contribution in [0.2, 0.25) is 0 Å². The molecule has 0 N–H and O–H groups in total. The van der Waals surface area contributed by atoms with E-state index in [1.165, 1.54) is 17.3 Å². The zero-order valence-electron chi connectivity index (χ0n) is 18.3. The average Bonchev–Trinajstić information content (AvgIpc) is 3.28. The molecular formula is C24H28N6O2. The second kappa shape index (κ2) is 10.2. The van der Waals surface area contributed by atoms with Gasteiger partial charge in [-0.1, -0.05) is 31.2 Å². The Hall–Kier alpha value is -3.55. The van der Waals surface area contributed by atoms with Gasteiger partial charge >= 0.3 is 0 Å². The molecule has 166 valence electrons. The van der Waals surface area contributed by atoms with Crippen LogP contribution in [0.4, 0.5) is 0 Å². The third kappa shape index (κ3) is 5.19. The van der Waals surface area contributed by atoms with E-state index in [2.05, 4.69) is 46.3 Å². The lowest BCUT2D eigenvalue weighted by Gasteiger charge is -2.24. The van der Waals surface area contributed by atoms with Crippen LogP contribution in [0.1, 0.15) is 18.9 Å². The quantitative estimate of drug-likeness (QED) is 0.572. The Kier molecular flexibility index (Phi) is 6.89. The Morgan fingerprint density at radius 3 is 2.47 bits per heavy atom. The topological polar surface area (TPSA) is 84.2 Å². The number of rotatable bonds is 7. The van der Waals surface area contributed by atoms with Gasteiger partial charge in [-0.15, -0.1) is 0 Å². The number of benzene rings is 1. The van der Waals surface area contributed by atoms with Crippen LogP contribution >= 0.6 is 0 Å². The summed E-state index contributed by atoms with van der Waals surface area (Å²) >= 11 is 0. The minimum absolute atomic E-state index is 0.0420. The van der Waals surface area contributed by atoms with Crippen molar-refractivity contribution in [2.24, 2.45) is 5.92 Å². The summed E-state index contributed by atoms with van der Waals surface area (Å²) < 4.78 is 1.52. The van der Waals surface area contributed by atoms with Crippen LogP contribution in [0.5, 0.6) is 0 Å². The van der Waals surface area contributed by atoms with E-state index < -0.39 is 0 Å². The molecule has 0 spiro atoms. The van der Waals surface area contributed by atoms with Crippen LogP contribution in [0.15, 0.2) is 61.4 Å². The molecule has 0 radical (unpaired) electrons. The third-order valence-electron chi connectivity index (χ3n) is 5.80. The lowest BCUT2D eigenvalue weighted by atomic mass is 9.95. The maximum Gasteiger partial charge on any atom is 0.244 e. The first-order valence-corrected chi connectivity index (χ1v) is 11.0. The van der Waals surface area contributed by atoms with Crippen molar-refractivity contribution >= 4 is 11.8 Å². The van der Waals surface area contributed by atoms with Gasteiger partial charge in [-0.2, -0.15) is 5.10 Å². The van der Waals surface area contributed by atoms with Crippen molar-refractivity contribution < 1.29 is 9.59 Å². The molecule has 2 aromatic heterocycles. The minimum atomic E-state index is -0.268. The molecule has 1 aromatic carbocycles.